The molecule has 0 aliphatic heterocycles. The van der Waals surface area contributed by atoms with Crippen molar-refractivity contribution in [3.63, 3.8) is 0 Å². The number of ether oxygens (including phenoxy) is 1. The summed E-state index contributed by atoms with van der Waals surface area (Å²) in [5.74, 6) is 0.0399. The zero-order valence-corrected chi connectivity index (χ0v) is 15.9. The lowest BCUT2D eigenvalue weighted by Crippen LogP contribution is -2.53. The monoisotopic (exact) mass is 362 g/mol. The molecule has 1 heterocycles. The summed E-state index contributed by atoms with van der Waals surface area (Å²) >= 11 is 0. The smallest absolute Gasteiger partial charge is 0.333 e. The van der Waals surface area contributed by atoms with E-state index >= 15 is 0 Å². The highest BCUT2D eigenvalue weighted by Gasteiger charge is 2.56. The van der Waals surface area contributed by atoms with Crippen LogP contribution in [0.3, 0.4) is 0 Å². The van der Waals surface area contributed by atoms with E-state index in [4.69, 9.17) is 9.15 Å². The molecule has 1 unspecified atom stereocenters. The van der Waals surface area contributed by atoms with Gasteiger partial charge < -0.3 is 19.4 Å². The number of hydrogen-bond acceptors (Lipinski definition) is 5. The van der Waals surface area contributed by atoms with Gasteiger partial charge in [0.05, 0.1) is 25.7 Å². The van der Waals surface area contributed by atoms with Gasteiger partial charge in [-0.1, -0.05) is 19.9 Å². The fraction of sp³-hybridized carbons (Fsp3) is 0.667. The number of hydrogen-bond donors (Lipinski definition) is 2. The number of fused-ring (bicyclic) bond motifs is 1. The average Bonchev–Trinajstić information content (AvgIpc) is 3.15. The van der Waals surface area contributed by atoms with Crippen LogP contribution >= 0.6 is 0 Å². The molecule has 0 amide bonds. The Kier molecular flexibility index (Phi) is 5.31. The van der Waals surface area contributed by atoms with Crippen LogP contribution in [0.2, 0.25) is 0 Å². The van der Waals surface area contributed by atoms with Crippen LogP contribution in [0, 0.1) is 22.7 Å². The van der Waals surface area contributed by atoms with E-state index in [0.29, 0.717) is 6.42 Å². The van der Waals surface area contributed by atoms with Crippen molar-refractivity contribution < 1.29 is 24.2 Å². The maximum absolute atomic E-state index is 12.4. The van der Waals surface area contributed by atoms with Crippen LogP contribution in [0.15, 0.2) is 34.7 Å². The van der Waals surface area contributed by atoms with Gasteiger partial charge in [0.2, 0.25) is 0 Å². The van der Waals surface area contributed by atoms with Gasteiger partial charge in [0, 0.05) is 23.2 Å². The maximum atomic E-state index is 12.4. The topological polar surface area (TPSA) is 79.9 Å². The Bertz CT molecular complexity index is 664. The van der Waals surface area contributed by atoms with Crippen molar-refractivity contribution in [3.8, 4) is 0 Å². The quantitative estimate of drug-likeness (QED) is 0.782. The van der Waals surface area contributed by atoms with Crippen molar-refractivity contribution in [1.82, 2.24) is 0 Å². The minimum absolute atomic E-state index is 0.0957. The number of aliphatic hydroxyl groups excluding tert-OH is 2. The lowest BCUT2D eigenvalue weighted by Gasteiger charge is -2.58. The molecule has 0 aromatic carbocycles. The number of methoxy groups -OCH3 is 1. The number of esters is 1. The lowest BCUT2D eigenvalue weighted by atomic mass is 9.46. The molecule has 144 valence electrons. The van der Waals surface area contributed by atoms with Crippen molar-refractivity contribution in [3.05, 3.63) is 35.8 Å². The van der Waals surface area contributed by atoms with Crippen molar-refractivity contribution in [2.45, 2.75) is 52.1 Å². The summed E-state index contributed by atoms with van der Waals surface area (Å²) in [7, 11) is 1.43. The maximum Gasteiger partial charge on any atom is 0.333 e. The summed E-state index contributed by atoms with van der Waals surface area (Å²) in [6.07, 6.45) is 8.48. The number of furan rings is 1. The number of rotatable bonds is 5. The first-order valence-corrected chi connectivity index (χ1v) is 9.46. The van der Waals surface area contributed by atoms with E-state index in [0.717, 1.165) is 36.8 Å². The van der Waals surface area contributed by atoms with E-state index in [2.05, 4.69) is 13.8 Å². The van der Waals surface area contributed by atoms with Gasteiger partial charge in [0.25, 0.3) is 0 Å². The highest BCUT2D eigenvalue weighted by atomic mass is 16.5. The van der Waals surface area contributed by atoms with Gasteiger partial charge >= 0.3 is 5.97 Å². The highest BCUT2D eigenvalue weighted by Crippen LogP contribution is 2.62. The number of carbonyl (C=O) groups is 1. The fourth-order valence-electron chi connectivity index (χ4n) is 5.62. The minimum Gasteiger partial charge on any atom is -0.472 e. The summed E-state index contributed by atoms with van der Waals surface area (Å²) in [6, 6.07) is 1.78. The number of carbonyl (C=O) groups excluding carboxylic acids is 1. The molecule has 26 heavy (non-hydrogen) atoms. The predicted octanol–water partition coefficient (Wildman–Crippen LogP) is 3.63. The third kappa shape index (κ3) is 3.01. The summed E-state index contributed by atoms with van der Waals surface area (Å²) in [6.45, 7) is 4.41. The van der Waals surface area contributed by atoms with Crippen LogP contribution in [0.4, 0.5) is 0 Å². The molecule has 1 aromatic heterocycles. The molecule has 5 nitrogen and oxygen atoms in total. The molecule has 0 radical (unpaired) electrons. The van der Waals surface area contributed by atoms with Gasteiger partial charge in [-0.25, -0.2) is 4.79 Å². The van der Waals surface area contributed by atoms with Crippen LogP contribution < -0.4 is 0 Å². The first-order valence-electron chi connectivity index (χ1n) is 9.46. The van der Waals surface area contributed by atoms with Gasteiger partial charge in [-0.2, -0.15) is 0 Å². The number of aliphatic hydroxyl groups is 2. The van der Waals surface area contributed by atoms with E-state index in [1.54, 1.807) is 18.6 Å². The van der Waals surface area contributed by atoms with Gasteiger partial charge in [0.1, 0.15) is 0 Å². The van der Waals surface area contributed by atoms with Gasteiger partial charge in [-0.05, 0) is 55.4 Å². The van der Waals surface area contributed by atoms with E-state index in [1.165, 1.54) is 7.11 Å². The second-order valence-corrected chi connectivity index (χ2v) is 8.36. The second-order valence-electron chi connectivity index (χ2n) is 8.36. The first-order chi connectivity index (χ1) is 12.4. The normalized spacial score (nSPS) is 35.3. The standard InChI is InChI=1S/C21H30O5/c1-20-9-7-15(12-22)21(2,11-17(23)14-8-10-26-13-14)18(20)6-4-5-16(20)19(24)25-3/h5,8,10,13,15,17-18,22-23H,4,6-7,9,11-12H2,1-3H3/t15-,17?,18-,20-,21-/m0/s1. The van der Waals surface area contributed by atoms with Crippen LogP contribution in [0.1, 0.15) is 57.6 Å². The highest BCUT2D eigenvalue weighted by molar-refractivity contribution is 5.90. The van der Waals surface area contributed by atoms with Crippen LogP contribution in [-0.2, 0) is 9.53 Å². The van der Waals surface area contributed by atoms with E-state index in [-0.39, 0.29) is 35.2 Å². The van der Waals surface area contributed by atoms with Crippen LogP contribution in [0.5, 0.6) is 0 Å². The fourth-order valence-corrected chi connectivity index (χ4v) is 5.62. The molecule has 0 bridgehead atoms. The largest absolute Gasteiger partial charge is 0.472 e. The van der Waals surface area contributed by atoms with E-state index in [1.807, 2.05) is 6.08 Å². The Morgan fingerprint density at radius 3 is 2.81 bits per heavy atom. The molecule has 0 spiro atoms. The van der Waals surface area contributed by atoms with E-state index < -0.39 is 6.10 Å². The molecule has 2 N–H and O–H groups in total. The molecular weight excluding hydrogens is 332 g/mol. The van der Waals surface area contributed by atoms with Crippen molar-refractivity contribution in [1.29, 1.82) is 0 Å². The zero-order valence-electron chi connectivity index (χ0n) is 15.9. The third-order valence-corrected chi connectivity index (χ3v) is 7.12. The molecule has 2 aliphatic rings. The molecular formula is C21H30O5. The molecule has 5 atom stereocenters. The molecule has 5 heteroatoms. The lowest BCUT2D eigenvalue weighted by molar-refractivity contribution is -0.142. The summed E-state index contributed by atoms with van der Waals surface area (Å²) in [5, 5.41) is 20.8. The summed E-state index contributed by atoms with van der Waals surface area (Å²) in [4.78, 5) is 12.4. The molecule has 0 saturated heterocycles. The Hall–Kier alpha value is -1.59. The van der Waals surface area contributed by atoms with Crippen LogP contribution in [-0.4, -0.2) is 29.9 Å². The molecule has 3 rings (SSSR count). The molecule has 1 saturated carbocycles. The Labute approximate surface area is 155 Å². The SMILES string of the molecule is COC(=O)C1=CCC[C@@H]2[C@@](C)(CC(O)c3ccoc3)[C@H](CO)CC[C@@]12C. The summed E-state index contributed by atoms with van der Waals surface area (Å²) < 4.78 is 10.2. The summed E-state index contributed by atoms with van der Waals surface area (Å²) in [5.41, 5.74) is 0.944. The Balaban J connectivity index is 1.96. The second kappa shape index (κ2) is 7.20. The minimum atomic E-state index is -0.650. The average molecular weight is 362 g/mol. The molecule has 1 aromatic rings. The van der Waals surface area contributed by atoms with Crippen molar-refractivity contribution in [2.24, 2.45) is 22.7 Å². The third-order valence-electron chi connectivity index (χ3n) is 7.12. The Morgan fingerprint density at radius 1 is 1.42 bits per heavy atom. The Morgan fingerprint density at radius 2 is 2.19 bits per heavy atom. The van der Waals surface area contributed by atoms with Gasteiger partial charge in [-0.15, -0.1) is 0 Å². The van der Waals surface area contributed by atoms with Crippen molar-refractivity contribution in [2.75, 3.05) is 13.7 Å². The predicted molar refractivity (Wildman–Crippen MR) is 97.1 cm³/mol. The molecule has 1 fully saturated rings. The van der Waals surface area contributed by atoms with Gasteiger partial charge in [0.15, 0.2) is 0 Å². The number of allylic oxidation sites excluding steroid dienone is 1. The van der Waals surface area contributed by atoms with E-state index in [9.17, 15) is 15.0 Å². The van der Waals surface area contributed by atoms with Crippen LogP contribution in [0.25, 0.3) is 0 Å². The zero-order chi connectivity index (χ0) is 18.9. The first kappa shape index (κ1) is 19.2. The molecule has 2 aliphatic carbocycles. The van der Waals surface area contributed by atoms with Gasteiger partial charge in [-0.3, -0.25) is 0 Å². The van der Waals surface area contributed by atoms with Crippen molar-refractivity contribution >= 4 is 5.97 Å².